The first-order valence-electron chi connectivity index (χ1n) is 7.71. The van der Waals surface area contributed by atoms with Crippen LogP contribution in [0.4, 0.5) is 0 Å². The van der Waals surface area contributed by atoms with Crippen LogP contribution in [0.15, 0.2) is 42.5 Å². The third kappa shape index (κ3) is 5.15. The Morgan fingerprint density at radius 2 is 1.91 bits per heavy atom. The van der Waals surface area contributed by atoms with Crippen molar-refractivity contribution in [2.75, 3.05) is 6.61 Å². The van der Waals surface area contributed by atoms with Crippen LogP contribution in [0.25, 0.3) is 6.08 Å². The SMILES string of the molecule is CCCCCOc1ccc(/C=C/C(=O)c2ccc(C)s2)cc1. The van der Waals surface area contributed by atoms with Crippen molar-refractivity contribution in [3.05, 3.63) is 57.8 Å². The molecule has 0 unspecified atom stereocenters. The monoisotopic (exact) mass is 314 g/mol. The highest BCUT2D eigenvalue weighted by Gasteiger charge is 2.03. The first kappa shape index (κ1) is 16.5. The van der Waals surface area contributed by atoms with E-state index in [-0.39, 0.29) is 5.78 Å². The van der Waals surface area contributed by atoms with E-state index in [1.165, 1.54) is 24.2 Å². The van der Waals surface area contributed by atoms with E-state index < -0.39 is 0 Å². The van der Waals surface area contributed by atoms with Crippen LogP contribution in [-0.4, -0.2) is 12.4 Å². The van der Waals surface area contributed by atoms with Crippen molar-refractivity contribution in [2.24, 2.45) is 0 Å². The molecular formula is C19H22O2S. The Hall–Kier alpha value is -1.87. The number of aryl methyl sites for hydroxylation is 1. The Balaban J connectivity index is 1.87. The average Bonchev–Trinajstić information content (AvgIpc) is 2.97. The van der Waals surface area contributed by atoms with E-state index in [1.807, 2.05) is 49.4 Å². The van der Waals surface area contributed by atoms with Crippen LogP contribution in [0.5, 0.6) is 5.75 Å². The van der Waals surface area contributed by atoms with Crippen molar-refractivity contribution in [3.63, 3.8) is 0 Å². The molecule has 0 spiro atoms. The van der Waals surface area contributed by atoms with Gasteiger partial charge in [-0.25, -0.2) is 0 Å². The topological polar surface area (TPSA) is 26.3 Å². The number of carbonyl (C=O) groups is 1. The minimum Gasteiger partial charge on any atom is -0.494 e. The first-order chi connectivity index (χ1) is 10.7. The van der Waals surface area contributed by atoms with E-state index >= 15 is 0 Å². The van der Waals surface area contributed by atoms with Crippen LogP contribution in [0, 0.1) is 6.92 Å². The van der Waals surface area contributed by atoms with Crippen LogP contribution in [0.2, 0.25) is 0 Å². The average molecular weight is 314 g/mol. The summed E-state index contributed by atoms with van der Waals surface area (Å²) in [4.78, 5) is 13.9. The lowest BCUT2D eigenvalue weighted by atomic mass is 10.2. The number of hydrogen-bond acceptors (Lipinski definition) is 3. The Kier molecular flexibility index (Phi) is 6.41. The van der Waals surface area contributed by atoms with Gasteiger partial charge in [-0.2, -0.15) is 0 Å². The lowest BCUT2D eigenvalue weighted by Crippen LogP contribution is -1.96. The van der Waals surface area contributed by atoms with Gasteiger partial charge in [-0.1, -0.05) is 38.0 Å². The summed E-state index contributed by atoms with van der Waals surface area (Å²) in [7, 11) is 0. The third-order valence-corrected chi connectivity index (χ3v) is 4.32. The van der Waals surface area contributed by atoms with Crippen LogP contribution < -0.4 is 4.74 Å². The smallest absolute Gasteiger partial charge is 0.195 e. The fraction of sp³-hybridized carbons (Fsp3) is 0.316. The fourth-order valence-electron chi connectivity index (χ4n) is 2.04. The number of unbranched alkanes of at least 4 members (excludes halogenated alkanes) is 2. The number of benzene rings is 1. The van der Waals surface area contributed by atoms with E-state index in [1.54, 1.807) is 6.08 Å². The van der Waals surface area contributed by atoms with Gasteiger partial charge in [0.1, 0.15) is 5.75 Å². The Labute approximate surface area is 136 Å². The van der Waals surface area contributed by atoms with Crippen molar-refractivity contribution < 1.29 is 9.53 Å². The van der Waals surface area contributed by atoms with Crippen molar-refractivity contribution >= 4 is 23.2 Å². The fourth-order valence-corrected chi connectivity index (χ4v) is 2.83. The molecule has 0 atom stereocenters. The molecule has 2 aromatic rings. The van der Waals surface area contributed by atoms with Gasteiger partial charge >= 0.3 is 0 Å². The van der Waals surface area contributed by atoms with Gasteiger partial charge in [-0.05, 0) is 49.2 Å². The van der Waals surface area contributed by atoms with E-state index in [4.69, 9.17) is 4.74 Å². The molecule has 116 valence electrons. The first-order valence-corrected chi connectivity index (χ1v) is 8.52. The maximum Gasteiger partial charge on any atom is 0.195 e. The van der Waals surface area contributed by atoms with Crippen LogP contribution in [0.3, 0.4) is 0 Å². The molecule has 2 rings (SSSR count). The molecule has 0 radical (unpaired) electrons. The highest BCUT2D eigenvalue weighted by Crippen LogP contribution is 2.17. The van der Waals surface area contributed by atoms with E-state index in [0.717, 1.165) is 34.1 Å². The zero-order chi connectivity index (χ0) is 15.8. The van der Waals surface area contributed by atoms with Gasteiger partial charge < -0.3 is 4.74 Å². The van der Waals surface area contributed by atoms with Crippen molar-refractivity contribution in [2.45, 2.75) is 33.1 Å². The number of thiophene rings is 1. The van der Waals surface area contributed by atoms with Crippen molar-refractivity contribution in [1.29, 1.82) is 0 Å². The number of ketones is 1. The van der Waals surface area contributed by atoms with Gasteiger partial charge in [0.05, 0.1) is 11.5 Å². The highest BCUT2D eigenvalue weighted by atomic mass is 32.1. The number of rotatable bonds is 8. The standard InChI is InChI=1S/C19H22O2S/c1-3-4-5-14-21-17-10-7-16(8-11-17)9-12-18(20)19-13-6-15(2)22-19/h6-13H,3-5,14H2,1-2H3/b12-9+. The van der Waals surface area contributed by atoms with Gasteiger partial charge in [-0.15, -0.1) is 11.3 Å². The van der Waals surface area contributed by atoms with Crippen molar-refractivity contribution in [3.8, 4) is 5.75 Å². The van der Waals surface area contributed by atoms with Gasteiger partial charge in [-0.3, -0.25) is 4.79 Å². The summed E-state index contributed by atoms with van der Waals surface area (Å²) in [6.45, 7) is 4.95. The summed E-state index contributed by atoms with van der Waals surface area (Å²) < 4.78 is 5.67. The number of hydrogen-bond donors (Lipinski definition) is 0. The molecule has 0 amide bonds. The molecule has 2 nitrogen and oxygen atoms in total. The highest BCUT2D eigenvalue weighted by molar-refractivity contribution is 7.14. The number of allylic oxidation sites excluding steroid dienone is 1. The molecule has 0 fully saturated rings. The summed E-state index contributed by atoms with van der Waals surface area (Å²) >= 11 is 1.53. The van der Waals surface area contributed by atoms with Gasteiger partial charge in [0.2, 0.25) is 0 Å². The van der Waals surface area contributed by atoms with Crippen LogP contribution in [-0.2, 0) is 0 Å². The second-order valence-electron chi connectivity index (χ2n) is 5.23. The maximum atomic E-state index is 12.0. The molecule has 1 heterocycles. The molecule has 0 aliphatic carbocycles. The molecule has 0 aliphatic heterocycles. The molecule has 0 saturated heterocycles. The predicted molar refractivity (Wildman–Crippen MR) is 93.9 cm³/mol. The zero-order valence-electron chi connectivity index (χ0n) is 13.2. The number of ether oxygens (including phenoxy) is 1. The van der Waals surface area contributed by atoms with E-state index in [2.05, 4.69) is 6.92 Å². The zero-order valence-corrected chi connectivity index (χ0v) is 14.0. The lowest BCUT2D eigenvalue weighted by Gasteiger charge is -2.05. The van der Waals surface area contributed by atoms with E-state index in [0.29, 0.717) is 0 Å². The minimum atomic E-state index is 0.0537. The molecule has 22 heavy (non-hydrogen) atoms. The quantitative estimate of drug-likeness (QED) is 0.364. The summed E-state index contributed by atoms with van der Waals surface area (Å²) in [6, 6.07) is 11.7. The Bertz CT molecular complexity index is 623. The van der Waals surface area contributed by atoms with Gasteiger partial charge in [0, 0.05) is 4.88 Å². The second-order valence-corrected chi connectivity index (χ2v) is 6.52. The van der Waals surface area contributed by atoms with E-state index in [9.17, 15) is 4.79 Å². The predicted octanol–water partition coefficient (Wildman–Crippen LogP) is 5.52. The summed E-state index contributed by atoms with van der Waals surface area (Å²) in [6.07, 6.45) is 6.96. The van der Waals surface area contributed by atoms with Crippen LogP contribution in [0.1, 0.15) is 46.3 Å². The molecule has 0 bridgehead atoms. The molecular weight excluding hydrogens is 292 g/mol. The van der Waals surface area contributed by atoms with Gasteiger partial charge in [0.15, 0.2) is 5.78 Å². The van der Waals surface area contributed by atoms with Crippen LogP contribution >= 0.6 is 11.3 Å². The molecule has 1 aromatic carbocycles. The molecule has 1 aromatic heterocycles. The Morgan fingerprint density at radius 3 is 2.55 bits per heavy atom. The lowest BCUT2D eigenvalue weighted by molar-refractivity contribution is 0.105. The summed E-state index contributed by atoms with van der Waals surface area (Å²) in [5.74, 6) is 0.937. The van der Waals surface area contributed by atoms with Crippen molar-refractivity contribution in [1.82, 2.24) is 0 Å². The molecule has 0 aliphatic rings. The normalized spacial score (nSPS) is 11.0. The number of carbonyl (C=O) groups excluding carboxylic acids is 1. The largest absolute Gasteiger partial charge is 0.494 e. The minimum absolute atomic E-state index is 0.0537. The summed E-state index contributed by atoms with van der Waals surface area (Å²) in [5, 5.41) is 0. The molecule has 0 N–H and O–H groups in total. The Morgan fingerprint density at radius 1 is 1.14 bits per heavy atom. The maximum absolute atomic E-state index is 12.0. The summed E-state index contributed by atoms with van der Waals surface area (Å²) in [5.41, 5.74) is 1.00. The van der Waals surface area contributed by atoms with Gasteiger partial charge in [0.25, 0.3) is 0 Å². The molecule has 3 heteroatoms. The second kappa shape index (κ2) is 8.54. The molecule has 0 saturated carbocycles. The third-order valence-electron chi connectivity index (χ3n) is 3.31.